The van der Waals surface area contributed by atoms with E-state index in [1.54, 1.807) is 12.3 Å². The molecule has 1 heterocycles. The smallest absolute Gasteiger partial charge is 0.0453 e. The maximum absolute atomic E-state index is 6.23. The second-order valence-electron chi connectivity index (χ2n) is 4.46. The molecule has 1 aromatic heterocycles. The number of likely N-dealkylation sites (N-methyl/N-ethyl adjacent to an activating group) is 1. The van der Waals surface area contributed by atoms with Crippen molar-refractivity contribution in [1.29, 1.82) is 0 Å². The summed E-state index contributed by atoms with van der Waals surface area (Å²) in [5, 5.41) is 4.68. The third kappa shape index (κ3) is 3.47. The first-order chi connectivity index (χ1) is 9.11. The Hall–Kier alpha value is -1.09. The van der Waals surface area contributed by atoms with Gasteiger partial charge in [-0.25, -0.2) is 0 Å². The molecule has 19 heavy (non-hydrogen) atoms. The molecule has 0 fully saturated rings. The monoisotopic (exact) mass is 294 g/mol. The normalized spacial score (nSPS) is 12.4. The van der Waals surface area contributed by atoms with Gasteiger partial charge >= 0.3 is 0 Å². The summed E-state index contributed by atoms with van der Waals surface area (Å²) in [7, 11) is 1.95. The van der Waals surface area contributed by atoms with Crippen LogP contribution in [0.5, 0.6) is 0 Å². The standard InChI is InChI=1S/C15H16Cl2N2/c1-10-13(4-3-7-19-10)15(18-2)8-11-5-6-12(16)9-14(11)17/h3-7,9,15,18H,8H2,1-2H3. The fourth-order valence-electron chi connectivity index (χ4n) is 2.14. The summed E-state index contributed by atoms with van der Waals surface area (Å²) in [6.07, 6.45) is 2.61. The lowest BCUT2D eigenvalue weighted by molar-refractivity contribution is 0.586. The third-order valence-electron chi connectivity index (χ3n) is 3.21. The topological polar surface area (TPSA) is 24.9 Å². The molecular formula is C15H16Cl2N2. The number of hydrogen-bond donors (Lipinski definition) is 1. The molecule has 0 aliphatic rings. The van der Waals surface area contributed by atoms with Gasteiger partial charge in [-0.3, -0.25) is 4.98 Å². The maximum Gasteiger partial charge on any atom is 0.0453 e. The van der Waals surface area contributed by atoms with Crippen LogP contribution in [0, 0.1) is 6.92 Å². The number of aromatic nitrogens is 1. The van der Waals surface area contributed by atoms with Gasteiger partial charge in [-0.05, 0) is 49.7 Å². The molecule has 0 amide bonds. The number of hydrogen-bond acceptors (Lipinski definition) is 2. The molecule has 1 atom stereocenters. The summed E-state index contributed by atoms with van der Waals surface area (Å²) in [4.78, 5) is 4.33. The van der Waals surface area contributed by atoms with E-state index in [4.69, 9.17) is 23.2 Å². The quantitative estimate of drug-likeness (QED) is 0.914. The summed E-state index contributed by atoms with van der Waals surface area (Å²) in [5.41, 5.74) is 3.30. The van der Waals surface area contributed by atoms with Crippen LogP contribution in [0.1, 0.15) is 22.9 Å². The Labute approximate surface area is 123 Å². The molecule has 2 aromatic rings. The molecule has 2 rings (SSSR count). The highest BCUT2D eigenvalue weighted by Gasteiger charge is 2.14. The second kappa shape index (κ2) is 6.38. The average Bonchev–Trinajstić information content (AvgIpc) is 2.39. The van der Waals surface area contributed by atoms with Crippen molar-refractivity contribution in [2.24, 2.45) is 0 Å². The van der Waals surface area contributed by atoms with Gasteiger partial charge < -0.3 is 5.32 Å². The molecule has 0 aliphatic heterocycles. The van der Waals surface area contributed by atoms with Gasteiger partial charge in [0.2, 0.25) is 0 Å². The van der Waals surface area contributed by atoms with Gasteiger partial charge in [-0.15, -0.1) is 0 Å². The number of rotatable bonds is 4. The van der Waals surface area contributed by atoms with Crippen molar-refractivity contribution < 1.29 is 0 Å². The fraction of sp³-hybridized carbons (Fsp3) is 0.267. The number of benzene rings is 1. The molecule has 4 heteroatoms. The third-order valence-corrected chi connectivity index (χ3v) is 3.80. The molecule has 1 unspecified atom stereocenters. The first-order valence-electron chi connectivity index (χ1n) is 6.14. The van der Waals surface area contributed by atoms with Crippen LogP contribution in [0.2, 0.25) is 10.0 Å². The lowest BCUT2D eigenvalue weighted by atomic mass is 9.98. The number of nitrogens with zero attached hydrogens (tertiary/aromatic N) is 1. The van der Waals surface area contributed by atoms with E-state index < -0.39 is 0 Å². The van der Waals surface area contributed by atoms with Crippen LogP contribution in [0.4, 0.5) is 0 Å². The summed E-state index contributed by atoms with van der Waals surface area (Å²) < 4.78 is 0. The van der Waals surface area contributed by atoms with Gasteiger partial charge in [0.05, 0.1) is 0 Å². The Kier molecular flexibility index (Phi) is 4.81. The van der Waals surface area contributed by atoms with Gasteiger partial charge in [0.15, 0.2) is 0 Å². The molecule has 0 saturated heterocycles. The predicted octanol–water partition coefficient (Wildman–Crippen LogP) is 4.20. The lowest BCUT2D eigenvalue weighted by Gasteiger charge is -2.19. The zero-order valence-corrected chi connectivity index (χ0v) is 12.5. The number of nitrogens with one attached hydrogen (secondary N) is 1. The highest BCUT2D eigenvalue weighted by atomic mass is 35.5. The van der Waals surface area contributed by atoms with E-state index in [0.717, 1.165) is 17.7 Å². The van der Waals surface area contributed by atoms with E-state index in [2.05, 4.69) is 16.4 Å². The van der Waals surface area contributed by atoms with Crippen LogP contribution in [0.3, 0.4) is 0 Å². The summed E-state index contributed by atoms with van der Waals surface area (Å²) in [6, 6.07) is 9.85. The molecule has 1 aromatic carbocycles. The predicted molar refractivity (Wildman–Crippen MR) is 80.9 cm³/mol. The summed E-state index contributed by atoms with van der Waals surface area (Å²) >= 11 is 12.1. The molecule has 0 aliphatic carbocycles. The lowest BCUT2D eigenvalue weighted by Crippen LogP contribution is -2.20. The first kappa shape index (κ1) is 14.3. The maximum atomic E-state index is 6.23. The Bertz CT molecular complexity index is 570. The SMILES string of the molecule is CNC(Cc1ccc(Cl)cc1Cl)c1cccnc1C. The van der Waals surface area contributed by atoms with Crippen molar-refractivity contribution in [1.82, 2.24) is 10.3 Å². The van der Waals surface area contributed by atoms with Gasteiger partial charge in [0.1, 0.15) is 0 Å². The van der Waals surface area contributed by atoms with Crippen molar-refractivity contribution in [2.45, 2.75) is 19.4 Å². The van der Waals surface area contributed by atoms with Crippen LogP contribution in [0.15, 0.2) is 36.5 Å². The molecule has 0 radical (unpaired) electrons. The molecule has 0 saturated carbocycles. The highest BCUT2D eigenvalue weighted by Crippen LogP contribution is 2.26. The summed E-state index contributed by atoms with van der Waals surface area (Å²) in [5.74, 6) is 0. The molecule has 1 N–H and O–H groups in total. The zero-order chi connectivity index (χ0) is 13.8. The number of halogens is 2. The van der Waals surface area contributed by atoms with Gasteiger partial charge in [-0.2, -0.15) is 0 Å². The average molecular weight is 295 g/mol. The minimum Gasteiger partial charge on any atom is -0.313 e. The number of pyridine rings is 1. The molecule has 0 bridgehead atoms. The first-order valence-corrected chi connectivity index (χ1v) is 6.90. The summed E-state index contributed by atoms with van der Waals surface area (Å²) in [6.45, 7) is 2.02. The van der Waals surface area contributed by atoms with Crippen molar-refractivity contribution in [3.8, 4) is 0 Å². The molecule has 2 nitrogen and oxygen atoms in total. The van der Waals surface area contributed by atoms with Gasteiger partial charge in [0.25, 0.3) is 0 Å². The van der Waals surface area contributed by atoms with Crippen LogP contribution in [-0.2, 0) is 6.42 Å². The molecular weight excluding hydrogens is 279 g/mol. The van der Waals surface area contributed by atoms with Crippen molar-refractivity contribution in [2.75, 3.05) is 7.05 Å². The largest absolute Gasteiger partial charge is 0.313 e. The number of aryl methyl sites for hydroxylation is 1. The van der Waals surface area contributed by atoms with E-state index in [1.807, 2.05) is 32.2 Å². The van der Waals surface area contributed by atoms with Gasteiger partial charge in [0, 0.05) is 28.0 Å². The minimum atomic E-state index is 0.187. The van der Waals surface area contributed by atoms with Crippen molar-refractivity contribution in [3.05, 3.63) is 63.4 Å². The van der Waals surface area contributed by atoms with E-state index in [9.17, 15) is 0 Å². The van der Waals surface area contributed by atoms with Crippen LogP contribution in [-0.4, -0.2) is 12.0 Å². The van der Waals surface area contributed by atoms with E-state index in [0.29, 0.717) is 10.0 Å². The van der Waals surface area contributed by atoms with E-state index >= 15 is 0 Å². The van der Waals surface area contributed by atoms with E-state index in [1.165, 1.54) is 5.56 Å². The van der Waals surface area contributed by atoms with Crippen LogP contribution < -0.4 is 5.32 Å². The van der Waals surface area contributed by atoms with Crippen molar-refractivity contribution in [3.63, 3.8) is 0 Å². The highest BCUT2D eigenvalue weighted by molar-refractivity contribution is 6.35. The Morgan fingerprint density at radius 3 is 2.68 bits per heavy atom. The minimum absolute atomic E-state index is 0.187. The van der Waals surface area contributed by atoms with Gasteiger partial charge in [-0.1, -0.05) is 35.3 Å². The van der Waals surface area contributed by atoms with Crippen LogP contribution in [0.25, 0.3) is 0 Å². The van der Waals surface area contributed by atoms with Crippen LogP contribution >= 0.6 is 23.2 Å². The Balaban J connectivity index is 2.27. The fourth-order valence-corrected chi connectivity index (χ4v) is 2.63. The Morgan fingerprint density at radius 1 is 1.26 bits per heavy atom. The Morgan fingerprint density at radius 2 is 2.05 bits per heavy atom. The van der Waals surface area contributed by atoms with E-state index in [-0.39, 0.29) is 6.04 Å². The zero-order valence-electron chi connectivity index (χ0n) is 11.0. The molecule has 0 spiro atoms. The second-order valence-corrected chi connectivity index (χ2v) is 5.30. The molecule has 100 valence electrons. The van der Waals surface area contributed by atoms with Crippen molar-refractivity contribution >= 4 is 23.2 Å².